The molecule has 0 N–H and O–H groups in total. The van der Waals surface area contributed by atoms with Crippen molar-refractivity contribution >= 4 is 46.3 Å². The van der Waals surface area contributed by atoms with Gasteiger partial charge in [0.25, 0.3) is 5.91 Å². The Morgan fingerprint density at radius 3 is 2.44 bits per heavy atom. The molecule has 3 nitrogen and oxygen atoms in total. The Balaban J connectivity index is 2.94. The summed E-state index contributed by atoms with van der Waals surface area (Å²) >= 11 is 6.17. The molecule has 132 valence electrons. The zero-order valence-corrected chi connectivity index (χ0v) is 16.5. The highest BCUT2D eigenvalue weighted by molar-refractivity contribution is 8.24. The zero-order valence-electron chi connectivity index (χ0n) is 14.9. The first kappa shape index (κ1) is 20.9. The monoisotopic (exact) mass is 372 g/mol. The molecule has 0 aromatic heterocycles. The Morgan fingerprint density at radius 2 is 1.88 bits per heavy atom. The molecule has 0 spiro atoms. The van der Waals surface area contributed by atoms with Crippen LogP contribution in [0.5, 0.6) is 0 Å². The molecule has 0 bridgehead atoms. The number of benzene rings is 1. The number of allylic oxidation sites excluding steroid dienone is 4. The number of thiocarbonyl (C=S) groups is 1. The molecule has 0 aliphatic heterocycles. The Kier molecular flexibility index (Phi) is 9.58. The Labute approximate surface area is 160 Å². The minimum atomic E-state index is -0.0215. The van der Waals surface area contributed by atoms with Gasteiger partial charge in [-0.2, -0.15) is 0 Å². The highest BCUT2D eigenvalue weighted by Crippen LogP contribution is 2.22. The van der Waals surface area contributed by atoms with Gasteiger partial charge in [-0.15, -0.1) is 0 Å². The lowest BCUT2D eigenvalue weighted by molar-refractivity contribution is -0.124. The van der Waals surface area contributed by atoms with Crippen molar-refractivity contribution in [3.05, 3.63) is 71.8 Å². The summed E-state index contributed by atoms with van der Waals surface area (Å²) in [5.74, 6) is -0.0215. The molecule has 1 rings (SSSR count). The number of anilines is 1. The number of thioether (sulfide) groups is 1. The predicted octanol–water partition coefficient (Wildman–Crippen LogP) is 4.89. The first-order valence-corrected chi connectivity index (χ1v) is 9.24. The van der Waals surface area contributed by atoms with Crippen LogP contribution in [0.4, 0.5) is 5.69 Å². The lowest BCUT2D eigenvalue weighted by atomic mass is 10.2. The van der Waals surface area contributed by atoms with Gasteiger partial charge in [-0.25, -0.2) is 0 Å². The Hall–Kier alpha value is -2.11. The molecule has 0 heterocycles. The average molecular weight is 373 g/mol. The van der Waals surface area contributed by atoms with E-state index in [1.807, 2.05) is 73.6 Å². The van der Waals surface area contributed by atoms with Crippen LogP contribution in [0.15, 0.2) is 66.3 Å². The predicted molar refractivity (Wildman–Crippen MR) is 116 cm³/mol. The number of nitrogens with zero attached hydrogens (tertiary/aromatic N) is 2. The maximum Gasteiger partial charge on any atom is 0.260 e. The van der Waals surface area contributed by atoms with Crippen molar-refractivity contribution in [3.63, 3.8) is 0 Å². The molecular formula is C20H24N2OS2. The summed E-state index contributed by atoms with van der Waals surface area (Å²) in [5.41, 5.74) is 2.02. The second-order valence-corrected chi connectivity index (χ2v) is 6.65. The number of hydrogen-bond donors (Lipinski definition) is 0. The normalized spacial score (nSPS) is 11.7. The van der Waals surface area contributed by atoms with Crippen LogP contribution in [0.1, 0.15) is 12.5 Å². The van der Waals surface area contributed by atoms with Crippen molar-refractivity contribution in [1.82, 2.24) is 4.90 Å². The molecule has 0 unspecified atom stereocenters. The number of amides is 1. The average Bonchev–Trinajstić information content (AvgIpc) is 2.64. The second-order valence-electron chi connectivity index (χ2n) is 5.21. The van der Waals surface area contributed by atoms with E-state index < -0.39 is 0 Å². The topological polar surface area (TPSA) is 23.6 Å². The van der Waals surface area contributed by atoms with Crippen molar-refractivity contribution in [2.45, 2.75) is 6.92 Å². The van der Waals surface area contributed by atoms with Crippen LogP contribution in [0.3, 0.4) is 0 Å². The second kappa shape index (κ2) is 11.4. The van der Waals surface area contributed by atoms with Crippen molar-refractivity contribution in [2.24, 2.45) is 0 Å². The fourth-order valence-electron chi connectivity index (χ4n) is 1.89. The zero-order chi connectivity index (χ0) is 18.7. The number of likely N-dealkylation sites (N-methyl/N-ethyl adjacent to an activating group) is 1. The van der Waals surface area contributed by atoms with Gasteiger partial charge in [0.05, 0.1) is 4.91 Å². The van der Waals surface area contributed by atoms with E-state index in [-0.39, 0.29) is 5.91 Å². The van der Waals surface area contributed by atoms with E-state index in [1.165, 1.54) is 16.5 Å². The molecule has 0 fully saturated rings. The first-order chi connectivity index (χ1) is 12.0. The molecule has 25 heavy (non-hydrogen) atoms. The van der Waals surface area contributed by atoms with E-state index in [1.54, 1.807) is 18.0 Å². The lowest BCUT2D eigenvalue weighted by Crippen LogP contribution is -2.26. The smallest absolute Gasteiger partial charge is 0.260 e. The summed E-state index contributed by atoms with van der Waals surface area (Å²) in [5, 5.41) is 0. The Morgan fingerprint density at radius 1 is 1.20 bits per heavy atom. The van der Waals surface area contributed by atoms with E-state index in [9.17, 15) is 4.79 Å². The maximum absolute atomic E-state index is 12.4. The van der Waals surface area contributed by atoms with E-state index in [4.69, 9.17) is 12.2 Å². The number of carbonyl (C=O) groups excluding carboxylic acids is 1. The van der Waals surface area contributed by atoms with Gasteiger partial charge < -0.3 is 9.80 Å². The number of rotatable bonds is 9. The molecule has 5 heteroatoms. The maximum atomic E-state index is 12.4. The van der Waals surface area contributed by atoms with Gasteiger partial charge in [0, 0.05) is 37.2 Å². The minimum absolute atomic E-state index is 0.0215. The highest BCUT2D eigenvalue weighted by atomic mass is 32.2. The van der Waals surface area contributed by atoms with Gasteiger partial charge in [-0.1, -0.05) is 60.9 Å². The fourth-order valence-corrected chi connectivity index (χ4v) is 2.77. The van der Waals surface area contributed by atoms with E-state index in [0.29, 0.717) is 11.4 Å². The highest BCUT2D eigenvalue weighted by Gasteiger charge is 2.13. The van der Waals surface area contributed by atoms with Crippen LogP contribution in [-0.2, 0) is 4.79 Å². The quantitative estimate of drug-likeness (QED) is 0.350. The van der Waals surface area contributed by atoms with Gasteiger partial charge in [0.1, 0.15) is 0 Å². The van der Waals surface area contributed by atoms with E-state index in [0.717, 1.165) is 11.3 Å². The third-order valence-corrected chi connectivity index (χ3v) is 4.40. The van der Waals surface area contributed by atoms with Gasteiger partial charge in [-0.3, -0.25) is 4.79 Å². The van der Waals surface area contributed by atoms with Crippen LogP contribution in [-0.4, -0.2) is 36.1 Å². The van der Waals surface area contributed by atoms with Gasteiger partial charge in [0.2, 0.25) is 0 Å². The summed E-state index contributed by atoms with van der Waals surface area (Å²) in [4.78, 5) is 16.7. The largest absolute Gasteiger partial charge is 0.351 e. The van der Waals surface area contributed by atoms with Gasteiger partial charge in [0.15, 0.2) is 0 Å². The van der Waals surface area contributed by atoms with Gasteiger partial charge in [-0.05, 0) is 36.8 Å². The lowest BCUT2D eigenvalue weighted by Gasteiger charge is -2.16. The SMILES string of the molecule is C=C/C=C\C=C\N(C)c1ccc(/C=C(/SC=S)C(=O)N(C)CC)cc1. The van der Waals surface area contributed by atoms with Crippen molar-refractivity contribution in [2.75, 3.05) is 25.5 Å². The Bertz CT molecular complexity index is 675. The summed E-state index contributed by atoms with van der Waals surface area (Å²) in [6.45, 7) is 6.23. The standard InChI is InChI=1S/C20H24N2OS2/c1-5-7-8-9-14-22(4)18-12-10-17(11-13-18)15-19(25-16-24)20(23)21(3)6-2/h5,7-16H,1,6H2,2-4H3/b8-7-,14-9+,19-15+. The molecule has 1 amide bonds. The molecular weight excluding hydrogens is 348 g/mol. The van der Waals surface area contributed by atoms with E-state index >= 15 is 0 Å². The molecule has 0 aliphatic rings. The molecule has 0 aliphatic carbocycles. The summed E-state index contributed by atoms with van der Waals surface area (Å²) in [6.07, 6.45) is 11.3. The van der Waals surface area contributed by atoms with Crippen LogP contribution in [0.2, 0.25) is 0 Å². The fraction of sp³-hybridized carbons (Fsp3) is 0.200. The van der Waals surface area contributed by atoms with E-state index in [2.05, 4.69) is 6.58 Å². The van der Waals surface area contributed by atoms with Crippen molar-refractivity contribution < 1.29 is 4.79 Å². The third kappa shape index (κ3) is 7.11. The molecule has 1 aromatic carbocycles. The van der Waals surface area contributed by atoms with Crippen LogP contribution < -0.4 is 4.90 Å². The summed E-state index contributed by atoms with van der Waals surface area (Å²) < 4.78 is 1.51. The van der Waals surface area contributed by atoms with Crippen LogP contribution >= 0.6 is 24.0 Å². The minimum Gasteiger partial charge on any atom is -0.351 e. The van der Waals surface area contributed by atoms with Crippen LogP contribution in [0.25, 0.3) is 6.08 Å². The number of carbonyl (C=O) groups is 1. The molecule has 0 radical (unpaired) electrons. The summed E-state index contributed by atoms with van der Waals surface area (Å²) in [6, 6.07) is 8.01. The molecule has 1 aromatic rings. The first-order valence-electron chi connectivity index (χ1n) is 7.89. The summed E-state index contributed by atoms with van der Waals surface area (Å²) in [7, 11) is 3.77. The molecule has 0 saturated carbocycles. The van der Waals surface area contributed by atoms with Gasteiger partial charge >= 0.3 is 0 Å². The molecule has 0 atom stereocenters. The van der Waals surface area contributed by atoms with Crippen LogP contribution in [0, 0.1) is 0 Å². The number of hydrogen-bond acceptors (Lipinski definition) is 4. The van der Waals surface area contributed by atoms with Crippen molar-refractivity contribution in [1.29, 1.82) is 0 Å². The third-order valence-electron chi connectivity index (χ3n) is 3.47. The van der Waals surface area contributed by atoms with Crippen molar-refractivity contribution in [3.8, 4) is 0 Å². The molecule has 0 saturated heterocycles.